The summed E-state index contributed by atoms with van der Waals surface area (Å²) >= 11 is 0. The van der Waals surface area contributed by atoms with E-state index in [-0.39, 0.29) is 11.7 Å². The molecule has 0 N–H and O–H groups in total. The Morgan fingerprint density at radius 3 is 2.62 bits per heavy atom. The van der Waals surface area contributed by atoms with Gasteiger partial charge in [0, 0.05) is 32.7 Å². The van der Waals surface area contributed by atoms with Crippen LogP contribution in [0.3, 0.4) is 0 Å². The van der Waals surface area contributed by atoms with Gasteiger partial charge in [-0.2, -0.15) is 4.31 Å². The third-order valence-electron chi connectivity index (χ3n) is 4.89. The number of sulfonamides is 1. The molecule has 0 bridgehead atoms. The highest BCUT2D eigenvalue weighted by Gasteiger charge is 2.45. The number of hydrogen-bond acceptors (Lipinski definition) is 5. The van der Waals surface area contributed by atoms with Gasteiger partial charge >= 0.3 is 0 Å². The Morgan fingerprint density at radius 1 is 1.19 bits per heavy atom. The van der Waals surface area contributed by atoms with Crippen LogP contribution in [-0.4, -0.2) is 81.5 Å². The Labute approximate surface area is 127 Å². The molecule has 0 aromatic heterocycles. The molecular formula is C14H26N2O4S. The zero-order chi connectivity index (χ0) is 14.9. The number of ether oxygens (including phenoxy) is 2. The van der Waals surface area contributed by atoms with E-state index in [1.54, 1.807) is 4.31 Å². The van der Waals surface area contributed by atoms with E-state index in [2.05, 4.69) is 4.90 Å². The highest BCUT2D eigenvalue weighted by molar-refractivity contribution is 7.88. The Kier molecular flexibility index (Phi) is 4.57. The molecule has 0 unspecified atom stereocenters. The average Bonchev–Trinajstić information content (AvgIpc) is 2.84. The van der Waals surface area contributed by atoms with Crippen LogP contribution >= 0.6 is 0 Å². The highest BCUT2D eigenvalue weighted by Crippen LogP contribution is 2.37. The third kappa shape index (κ3) is 3.76. The average molecular weight is 318 g/mol. The summed E-state index contributed by atoms with van der Waals surface area (Å²) in [6.07, 6.45) is 5.56. The smallest absolute Gasteiger partial charge is 0.211 e. The molecule has 3 rings (SSSR count). The van der Waals surface area contributed by atoms with Gasteiger partial charge in [-0.25, -0.2) is 8.42 Å². The van der Waals surface area contributed by atoms with Crippen molar-refractivity contribution in [1.29, 1.82) is 0 Å². The first-order valence-electron chi connectivity index (χ1n) is 7.90. The fourth-order valence-electron chi connectivity index (χ4n) is 3.71. The largest absolute Gasteiger partial charge is 0.379 e. The van der Waals surface area contributed by atoms with Crippen LogP contribution in [0, 0.1) is 0 Å². The molecule has 3 aliphatic rings. The predicted molar refractivity (Wildman–Crippen MR) is 79.7 cm³/mol. The van der Waals surface area contributed by atoms with Crippen molar-refractivity contribution in [1.82, 2.24) is 9.21 Å². The van der Waals surface area contributed by atoms with E-state index >= 15 is 0 Å². The Hall–Kier alpha value is -0.210. The highest BCUT2D eigenvalue weighted by atomic mass is 32.2. The van der Waals surface area contributed by atoms with Crippen LogP contribution < -0.4 is 0 Å². The molecule has 3 saturated heterocycles. The van der Waals surface area contributed by atoms with E-state index in [4.69, 9.17) is 9.47 Å². The number of hydrogen-bond donors (Lipinski definition) is 0. The van der Waals surface area contributed by atoms with Crippen LogP contribution in [0.1, 0.15) is 25.7 Å². The monoisotopic (exact) mass is 318 g/mol. The standard InChI is InChI=1S/C14H26N2O4S/c1-21(17,18)16-6-5-14(12-16)4-2-3-13(20-14)11-15-7-9-19-10-8-15/h13H,2-12H2,1H3/t13-,14-/m1/s1. The Balaban J connectivity index is 1.58. The fourth-order valence-corrected chi connectivity index (χ4v) is 4.61. The maximum Gasteiger partial charge on any atom is 0.211 e. The SMILES string of the molecule is CS(=O)(=O)N1CC[C@]2(CCC[C@H](CN3CCOCC3)O2)C1. The molecule has 0 aromatic rings. The minimum atomic E-state index is -3.10. The zero-order valence-electron chi connectivity index (χ0n) is 12.8. The van der Waals surface area contributed by atoms with Gasteiger partial charge in [-0.3, -0.25) is 4.90 Å². The van der Waals surface area contributed by atoms with Gasteiger partial charge < -0.3 is 9.47 Å². The van der Waals surface area contributed by atoms with Crippen molar-refractivity contribution >= 4 is 10.0 Å². The second-order valence-corrected chi connectivity index (χ2v) is 8.56. The van der Waals surface area contributed by atoms with Gasteiger partial charge in [0.05, 0.1) is 31.2 Å². The summed E-state index contributed by atoms with van der Waals surface area (Å²) in [5, 5.41) is 0. The summed E-state index contributed by atoms with van der Waals surface area (Å²) in [7, 11) is -3.10. The maximum atomic E-state index is 11.7. The van der Waals surface area contributed by atoms with Crippen LogP contribution in [0.5, 0.6) is 0 Å². The quantitative estimate of drug-likeness (QED) is 0.749. The zero-order valence-corrected chi connectivity index (χ0v) is 13.6. The molecule has 0 saturated carbocycles. The van der Waals surface area contributed by atoms with Crippen LogP contribution in [-0.2, 0) is 19.5 Å². The van der Waals surface area contributed by atoms with Crippen molar-refractivity contribution in [3.8, 4) is 0 Å². The maximum absolute atomic E-state index is 11.7. The molecule has 3 heterocycles. The summed E-state index contributed by atoms with van der Waals surface area (Å²) in [5.41, 5.74) is -0.238. The molecule has 2 atom stereocenters. The summed E-state index contributed by atoms with van der Waals surface area (Å²) < 4.78 is 36.7. The lowest BCUT2D eigenvalue weighted by Crippen LogP contribution is -2.49. The normalized spacial score (nSPS) is 36.3. The van der Waals surface area contributed by atoms with Crippen molar-refractivity contribution in [2.24, 2.45) is 0 Å². The van der Waals surface area contributed by atoms with E-state index in [1.807, 2.05) is 0 Å². The summed E-state index contributed by atoms with van der Waals surface area (Å²) in [6, 6.07) is 0. The Bertz CT molecular complexity index is 464. The molecule has 1 spiro atoms. The van der Waals surface area contributed by atoms with Crippen molar-refractivity contribution in [3.05, 3.63) is 0 Å². The third-order valence-corrected chi connectivity index (χ3v) is 6.14. The van der Waals surface area contributed by atoms with Gasteiger partial charge in [-0.15, -0.1) is 0 Å². The van der Waals surface area contributed by atoms with Crippen LogP contribution in [0.4, 0.5) is 0 Å². The second-order valence-electron chi connectivity index (χ2n) is 6.57. The van der Waals surface area contributed by atoms with Crippen LogP contribution in [0.15, 0.2) is 0 Å². The van der Waals surface area contributed by atoms with Crippen molar-refractivity contribution < 1.29 is 17.9 Å². The molecule has 21 heavy (non-hydrogen) atoms. The fraction of sp³-hybridized carbons (Fsp3) is 1.00. The van der Waals surface area contributed by atoms with Gasteiger partial charge in [0.2, 0.25) is 10.0 Å². The van der Waals surface area contributed by atoms with Crippen molar-refractivity contribution in [2.45, 2.75) is 37.4 Å². The first-order chi connectivity index (χ1) is 9.97. The summed E-state index contributed by atoms with van der Waals surface area (Å²) in [4.78, 5) is 2.40. The van der Waals surface area contributed by atoms with E-state index in [0.717, 1.165) is 58.5 Å². The molecular weight excluding hydrogens is 292 g/mol. The van der Waals surface area contributed by atoms with Gasteiger partial charge in [0.15, 0.2) is 0 Å². The van der Waals surface area contributed by atoms with Crippen molar-refractivity contribution in [2.75, 3.05) is 52.2 Å². The minimum absolute atomic E-state index is 0.233. The molecule has 0 aliphatic carbocycles. The topological polar surface area (TPSA) is 59.1 Å². The lowest BCUT2D eigenvalue weighted by molar-refractivity contribution is -0.130. The summed E-state index contributed by atoms with van der Waals surface area (Å²) in [5.74, 6) is 0. The first-order valence-corrected chi connectivity index (χ1v) is 9.75. The minimum Gasteiger partial charge on any atom is -0.379 e. The molecule has 7 heteroatoms. The van der Waals surface area contributed by atoms with Crippen LogP contribution in [0.25, 0.3) is 0 Å². The van der Waals surface area contributed by atoms with E-state index in [0.29, 0.717) is 13.1 Å². The molecule has 0 aromatic carbocycles. The molecule has 6 nitrogen and oxygen atoms in total. The lowest BCUT2D eigenvalue weighted by Gasteiger charge is -2.41. The number of morpholine rings is 1. The van der Waals surface area contributed by atoms with Gasteiger partial charge in [-0.05, 0) is 25.7 Å². The molecule has 0 radical (unpaired) electrons. The van der Waals surface area contributed by atoms with Crippen LogP contribution in [0.2, 0.25) is 0 Å². The second kappa shape index (κ2) is 6.12. The van der Waals surface area contributed by atoms with Gasteiger partial charge in [-0.1, -0.05) is 0 Å². The molecule has 3 aliphatic heterocycles. The predicted octanol–water partition coefficient (Wildman–Crippen LogP) is 0.292. The van der Waals surface area contributed by atoms with E-state index in [1.165, 1.54) is 6.26 Å². The lowest BCUT2D eigenvalue weighted by atomic mass is 9.90. The van der Waals surface area contributed by atoms with E-state index in [9.17, 15) is 8.42 Å². The molecule has 122 valence electrons. The first kappa shape index (κ1) is 15.7. The van der Waals surface area contributed by atoms with E-state index < -0.39 is 10.0 Å². The summed E-state index contributed by atoms with van der Waals surface area (Å²) in [6.45, 7) is 5.64. The number of nitrogens with zero attached hydrogens (tertiary/aromatic N) is 2. The number of rotatable bonds is 3. The Morgan fingerprint density at radius 2 is 1.95 bits per heavy atom. The van der Waals surface area contributed by atoms with Crippen molar-refractivity contribution in [3.63, 3.8) is 0 Å². The molecule has 3 fully saturated rings. The van der Waals surface area contributed by atoms with Gasteiger partial charge in [0.1, 0.15) is 0 Å². The molecule has 0 amide bonds. The van der Waals surface area contributed by atoms with Gasteiger partial charge in [0.25, 0.3) is 0 Å².